The number of ether oxygens (including phenoxy) is 1. The second-order valence-electron chi connectivity index (χ2n) is 2.96. The summed E-state index contributed by atoms with van der Waals surface area (Å²) in [6, 6.07) is 0. The van der Waals surface area contributed by atoms with Gasteiger partial charge in [-0.25, -0.2) is 14.6 Å². The highest BCUT2D eigenvalue weighted by atomic mass is 16.5. The molecule has 2 N–H and O–H groups in total. The van der Waals surface area contributed by atoms with E-state index in [-0.39, 0.29) is 17.3 Å². The number of nitrogens with zero attached hydrogens (tertiary/aromatic N) is 4. The van der Waals surface area contributed by atoms with Crippen molar-refractivity contribution in [3.05, 3.63) is 18.2 Å². The number of hydrogen-bond acceptors (Lipinski definition) is 6. The predicted molar refractivity (Wildman–Crippen MR) is 53.8 cm³/mol. The smallest absolute Gasteiger partial charge is 0.411 e. The maximum Gasteiger partial charge on any atom is 0.411 e. The third-order valence-electron chi connectivity index (χ3n) is 1.89. The number of aromatic carboxylic acids is 1. The van der Waals surface area contributed by atoms with Gasteiger partial charge in [-0.05, 0) is 0 Å². The molecule has 9 nitrogen and oxygen atoms in total. The van der Waals surface area contributed by atoms with Gasteiger partial charge in [-0.1, -0.05) is 0 Å². The molecule has 0 radical (unpaired) electrons. The first-order valence-corrected chi connectivity index (χ1v) is 4.41. The van der Waals surface area contributed by atoms with Crippen molar-refractivity contribution in [2.75, 3.05) is 12.4 Å². The van der Waals surface area contributed by atoms with E-state index in [0.717, 1.165) is 4.40 Å². The van der Waals surface area contributed by atoms with Gasteiger partial charge < -0.3 is 9.84 Å². The molecule has 0 unspecified atom stereocenters. The Morgan fingerprint density at radius 1 is 1.47 bits per heavy atom. The number of aromatic nitrogens is 4. The Labute approximate surface area is 94.1 Å². The maximum absolute atomic E-state index is 11.0. The first-order chi connectivity index (χ1) is 8.11. The van der Waals surface area contributed by atoms with Crippen molar-refractivity contribution in [3.63, 3.8) is 0 Å². The number of carboxylic acids is 1. The van der Waals surface area contributed by atoms with E-state index in [2.05, 4.69) is 25.2 Å². The number of rotatable bonds is 2. The molecular weight excluding hydrogens is 230 g/mol. The molecule has 2 rings (SSSR count). The van der Waals surface area contributed by atoms with Gasteiger partial charge in [-0.15, -0.1) is 10.2 Å². The van der Waals surface area contributed by atoms with Crippen molar-refractivity contribution in [1.82, 2.24) is 19.6 Å². The fourth-order valence-corrected chi connectivity index (χ4v) is 1.17. The third-order valence-corrected chi connectivity index (χ3v) is 1.89. The zero-order valence-electron chi connectivity index (χ0n) is 8.62. The lowest BCUT2D eigenvalue weighted by atomic mass is 10.5. The van der Waals surface area contributed by atoms with E-state index in [1.165, 1.54) is 19.5 Å². The van der Waals surface area contributed by atoms with Crippen molar-refractivity contribution >= 4 is 23.5 Å². The van der Waals surface area contributed by atoms with E-state index in [9.17, 15) is 9.59 Å². The molecule has 9 heteroatoms. The summed E-state index contributed by atoms with van der Waals surface area (Å²) in [5.74, 6) is -1.41. The number of carbonyl (C=O) groups is 2. The number of hydrogen-bond donors (Lipinski definition) is 2. The zero-order chi connectivity index (χ0) is 12.4. The fourth-order valence-electron chi connectivity index (χ4n) is 1.17. The van der Waals surface area contributed by atoms with E-state index in [0.29, 0.717) is 0 Å². The van der Waals surface area contributed by atoms with Gasteiger partial charge in [0.2, 0.25) is 5.82 Å². The van der Waals surface area contributed by atoms with Crippen molar-refractivity contribution in [1.29, 1.82) is 0 Å². The van der Waals surface area contributed by atoms with E-state index >= 15 is 0 Å². The molecule has 0 fully saturated rings. The molecule has 0 aliphatic heterocycles. The Bertz CT molecular complexity index is 593. The number of fused-ring (bicyclic) bond motifs is 1. The van der Waals surface area contributed by atoms with Crippen LogP contribution >= 0.6 is 0 Å². The molecule has 0 aliphatic rings. The number of carbonyl (C=O) groups excluding carboxylic acids is 1. The largest absolute Gasteiger partial charge is 0.475 e. The van der Waals surface area contributed by atoms with Gasteiger partial charge in [0.1, 0.15) is 0 Å². The van der Waals surface area contributed by atoms with Crippen molar-refractivity contribution < 1.29 is 19.4 Å². The minimum atomic E-state index is -1.24. The highest BCUT2D eigenvalue weighted by Gasteiger charge is 2.14. The van der Waals surface area contributed by atoms with E-state index < -0.39 is 12.1 Å². The van der Waals surface area contributed by atoms with Crippen molar-refractivity contribution in [2.24, 2.45) is 0 Å². The average Bonchev–Trinajstić information content (AvgIpc) is 2.71. The Morgan fingerprint density at radius 2 is 2.24 bits per heavy atom. The summed E-state index contributed by atoms with van der Waals surface area (Å²) in [6.07, 6.45) is 1.96. The molecule has 1 amide bonds. The molecule has 0 atom stereocenters. The lowest BCUT2D eigenvalue weighted by molar-refractivity contribution is 0.0682. The average molecular weight is 237 g/mol. The number of anilines is 1. The molecule has 88 valence electrons. The van der Waals surface area contributed by atoms with Gasteiger partial charge in [0.15, 0.2) is 0 Å². The zero-order valence-corrected chi connectivity index (χ0v) is 8.62. The highest BCUT2D eigenvalue weighted by molar-refractivity contribution is 5.85. The van der Waals surface area contributed by atoms with Crippen LogP contribution in [-0.2, 0) is 4.74 Å². The van der Waals surface area contributed by atoms with Gasteiger partial charge in [0.25, 0.3) is 5.78 Å². The van der Waals surface area contributed by atoms with Crippen LogP contribution in [0.25, 0.3) is 5.78 Å². The fraction of sp³-hybridized carbons (Fsp3) is 0.125. The number of methoxy groups -OCH3 is 1. The monoisotopic (exact) mass is 237 g/mol. The topological polar surface area (TPSA) is 119 Å². The molecule has 0 spiro atoms. The van der Waals surface area contributed by atoms with Crippen LogP contribution in [-0.4, -0.2) is 43.9 Å². The van der Waals surface area contributed by atoms with E-state index in [4.69, 9.17) is 5.11 Å². The van der Waals surface area contributed by atoms with Crippen LogP contribution in [0, 0.1) is 0 Å². The lowest BCUT2D eigenvalue weighted by Crippen LogP contribution is -2.12. The Balaban J connectivity index is 2.44. The molecule has 2 aromatic rings. The predicted octanol–water partition coefficient (Wildman–Crippen LogP) is 0.000800. The summed E-state index contributed by atoms with van der Waals surface area (Å²) in [6.45, 7) is 0. The molecule has 0 saturated heterocycles. The van der Waals surface area contributed by atoms with Gasteiger partial charge in [0, 0.05) is 6.20 Å². The van der Waals surface area contributed by atoms with E-state index in [1.54, 1.807) is 0 Å². The lowest BCUT2D eigenvalue weighted by Gasteiger charge is -2.03. The van der Waals surface area contributed by atoms with Crippen LogP contribution in [0.4, 0.5) is 10.5 Å². The standard InChI is InChI=1S/C8H7N5O4/c1-17-8(16)10-4-2-9-7-12-11-5(6(14)15)13(7)3-4/h2-3H,1H3,(H,10,16)(H,14,15). The molecule has 0 aromatic carbocycles. The van der Waals surface area contributed by atoms with Gasteiger partial charge in [0.05, 0.1) is 19.0 Å². The summed E-state index contributed by atoms with van der Waals surface area (Å²) in [7, 11) is 1.21. The summed E-state index contributed by atoms with van der Waals surface area (Å²) < 4.78 is 5.54. The molecular formula is C8H7N5O4. The second-order valence-corrected chi connectivity index (χ2v) is 2.96. The SMILES string of the molecule is COC(=O)Nc1cnc2nnc(C(=O)O)n2c1. The van der Waals surface area contributed by atoms with Crippen LogP contribution in [0.15, 0.2) is 12.4 Å². The van der Waals surface area contributed by atoms with Crippen LogP contribution in [0.1, 0.15) is 10.6 Å². The van der Waals surface area contributed by atoms with Gasteiger partial charge in [-0.2, -0.15) is 0 Å². The molecule has 17 heavy (non-hydrogen) atoms. The quantitative estimate of drug-likeness (QED) is 0.754. The van der Waals surface area contributed by atoms with Gasteiger partial charge >= 0.3 is 12.1 Å². The minimum absolute atomic E-state index is 0.123. The van der Waals surface area contributed by atoms with Crippen molar-refractivity contribution in [3.8, 4) is 0 Å². The number of carboxylic acid groups (broad SMARTS) is 1. The van der Waals surface area contributed by atoms with Crippen LogP contribution < -0.4 is 5.32 Å². The molecule has 2 aromatic heterocycles. The maximum atomic E-state index is 11.0. The minimum Gasteiger partial charge on any atom is -0.475 e. The Kier molecular flexibility index (Phi) is 2.57. The first kappa shape index (κ1) is 10.8. The summed E-state index contributed by atoms with van der Waals surface area (Å²) in [4.78, 5) is 25.6. The number of nitrogens with one attached hydrogen (secondary N) is 1. The number of amides is 1. The van der Waals surface area contributed by atoms with Crippen LogP contribution in [0.5, 0.6) is 0 Å². The Hall–Kier alpha value is -2.71. The third kappa shape index (κ3) is 1.97. The summed E-state index contributed by atoms with van der Waals surface area (Å²) in [5.41, 5.74) is 0.270. The molecule has 0 bridgehead atoms. The molecule has 0 aliphatic carbocycles. The summed E-state index contributed by atoms with van der Waals surface area (Å²) in [5, 5.41) is 18.2. The second kappa shape index (κ2) is 4.04. The first-order valence-electron chi connectivity index (χ1n) is 4.41. The molecule has 2 heterocycles. The normalized spacial score (nSPS) is 10.2. The molecule has 0 saturated carbocycles. The van der Waals surface area contributed by atoms with Gasteiger partial charge in [-0.3, -0.25) is 9.72 Å². The van der Waals surface area contributed by atoms with Crippen LogP contribution in [0.3, 0.4) is 0 Å². The highest BCUT2D eigenvalue weighted by Crippen LogP contribution is 2.08. The van der Waals surface area contributed by atoms with Crippen molar-refractivity contribution in [2.45, 2.75) is 0 Å². The van der Waals surface area contributed by atoms with E-state index in [1.807, 2.05) is 0 Å². The summed E-state index contributed by atoms with van der Waals surface area (Å²) >= 11 is 0. The Morgan fingerprint density at radius 3 is 2.88 bits per heavy atom. The van der Waals surface area contributed by atoms with Crippen LogP contribution in [0.2, 0.25) is 0 Å².